The first-order valence-electron chi connectivity index (χ1n) is 4.34. The van der Waals surface area contributed by atoms with E-state index in [1.807, 2.05) is 6.92 Å². The Labute approximate surface area is 97.0 Å². The molecule has 0 aliphatic rings. The van der Waals surface area contributed by atoms with Crippen LogP contribution >= 0.6 is 23.2 Å². The average Bonchev–Trinajstić information content (AvgIpc) is 2.59. The molecular formula is C10H8Cl2N2O. The lowest BCUT2D eigenvalue weighted by molar-refractivity contribution is 0.398. The van der Waals surface area contributed by atoms with Crippen molar-refractivity contribution in [1.29, 1.82) is 0 Å². The van der Waals surface area contributed by atoms with Crippen LogP contribution in [-0.2, 0) is 5.88 Å². The van der Waals surface area contributed by atoms with Gasteiger partial charge in [-0.05, 0) is 13.0 Å². The molecule has 0 atom stereocenters. The first-order valence-corrected chi connectivity index (χ1v) is 5.25. The second-order valence-corrected chi connectivity index (χ2v) is 3.80. The van der Waals surface area contributed by atoms with Crippen LogP contribution in [0.1, 0.15) is 11.3 Å². The summed E-state index contributed by atoms with van der Waals surface area (Å²) in [6, 6.07) is 1.78. The van der Waals surface area contributed by atoms with E-state index in [9.17, 15) is 0 Å². The van der Waals surface area contributed by atoms with E-state index >= 15 is 0 Å². The van der Waals surface area contributed by atoms with Crippen molar-refractivity contribution in [3.05, 3.63) is 34.8 Å². The first kappa shape index (κ1) is 10.5. The Balaban J connectivity index is 2.54. The molecule has 0 fully saturated rings. The summed E-state index contributed by atoms with van der Waals surface area (Å²) in [7, 11) is 0. The van der Waals surface area contributed by atoms with Gasteiger partial charge in [0.25, 0.3) is 0 Å². The minimum Gasteiger partial charge on any atom is -0.361 e. The fourth-order valence-corrected chi connectivity index (χ4v) is 1.81. The van der Waals surface area contributed by atoms with Crippen LogP contribution in [0.15, 0.2) is 23.0 Å². The van der Waals surface area contributed by atoms with Crippen LogP contribution in [0.4, 0.5) is 0 Å². The molecule has 0 unspecified atom stereocenters. The van der Waals surface area contributed by atoms with E-state index in [0.717, 1.165) is 16.9 Å². The van der Waals surface area contributed by atoms with E-state index in [4.69, 9.17) is 27.7 Å². The van der Waals surface area contributed by atoms with Crippen molar-refractivity contribution in [2.75, 3.05) is 0 Å². The molecule has 5 heteroatoms. The number of aromatic nitrogens is 2. The van der Waals surface area contributed by atoms with Crippen LogP contribution in [-0.4, -0.2) is 10.1 Å². The molecule has 0 saturated heterocycles. The molecule has 2 rings (SSSR count). The Morgan fingerprint density at radius 1 is 1.40 bits per heavy atom. The van der Waals surface area contributed by atoms with Crippen LogP contribution in [0.2, 0.25) is 5.02 Å². The van der Waals surface area contributed by atoms with Gasteiger partial charge in [0.1, 0.15) is 11.5 Å². The monoisotopic (exact) mass is 242 g/mol. The highest BCUT2D eigenvalue weighted by Gasteiger charge is 2.13. The van der Waals surface area contributed by atoms with Gasteiger partial charge in [0, 0.05) is 23.5 Å². The fourth-order valence-electron chi connectivity index (χ4n) is 1.32. The molecule has 0 aliphatic carbocycles. The molecule has 0 saturated carbocycles. The molecule has 0 amide bonds. The van der Waals surface area contributed by atoms with E-state index in [1.165, 1.54) is 0 Å². The van der Waals surface area contributed by atoms with Crippen molar-refractivity contribution >= 4 is 23.2 Å². The molecule has 78 valence electrons. The number of nitrogens with zero attached hydrogens (tertiary/aromatic N) is 2. The zero-order valence-electron chi connectivity index (χ0n) is 8.00. The van der Waals surface area contributed by atoms with Crippen molar-refractivity contribution in [3.63, 3.8) is 0 Å². The number of hydrogen-bond acceptors (Lipinski definition) is 3. The summed E-state index contributed by atoms with van der Waals surface area (Å²) in [5.74, 6) is 1.08. The maximum atomic E-state index is 5.84. The Morgan fingerprint density at radius 2 is 2.20 bits per heavy atom. The van der Waals surface area contributed by atoms with Crippen LogP contribution in [0, 0.1) is 6.92 Å². The highest BCUT2D eigenvalue weighted by molar-refractivity contribution is 6.30. The van der Waals surface area contributed by atoms with Gasteiger partial charge in [0.2, 0.25) is 0 Å². The molecular weight excluding hydrogens is 235 g/mol. The Hall–Kier alpha value is -1.06. The van der Waals surface area contributed by atoms with Gasteiger partial charge in [-0.1, -0.05) is 16.8 Å². The first-order chi connectivity index (χ1) is 7.22. The quantitative estimate of drug-likeness (QED) is 0.758. The highest BCUT2D eigenvalue weighted by Crippen LogP contribution is 2.27. The predicted octanol–water partition coefficient (Wildman–Crippen LogP) is 3.44. The van der Waals surface area contributed by atoms with E-state index in [2.05, 4.69) is 10.1 Å². The highest BCUT2D eigenvalue weighted by atomic mass is 35.5. The molecule has 0 aliphatic heterocycles. The van der Waals surface area contributed by atoms with Gasteiger partial charge in [0.05, 0.1) is 10.9 Å². The lowest BCUT2D eigenvalue weighted by atomic mass is 10.1. The molecule has 3 nitrogen and oxygen atoms in total. The van der Waals surface area contributed by atoms with Crippen molar-refractivity contribution in [2.45, 2.75) is 12.8 Å². The number of aryl methyl sites for hydroxylation is 1. The molecule has 2 aromatic rings. The second kappa shape index (κ2) is 4.21. The predicted molar refractivity (Wildman–Crippen MR) is 59.0 cm³/mol. The third-order valence-electron chi connectivity index (χ3n) is 2.10. The van der Waals surface area contributed by atoms with E-state index in [1.54, 1.807) is 18.5 Å². The summed E-state index contributed by atoms with van der Waals surface area (Å²) in [6.07, 6.45) is 3.25. The summed E-state index contributed by atoms with van der Waals surface area (Å²) < 4.78 is 5.08. The Kier molecular flexibility index (Phi) is 2.93. The van der Waals surface area contributed by atoms with Crippen molar-refractivity contribution in [2.24, 2.45) is 0 Å². The van der Waals surface area contributed by atoms with Gasteiger partial charge in [0.15, 0.2) is 0 Å². The number of rotatable bonds is 2. The van der Waals surface area contributed by atoms with Crippen LogP contribution in [0.5, 0.6) is 0 Å². The second-order valence-electron chi connectivity index (χ2n) is 3.09. The third-order valence-corrected chi connectivity index (χ3v) is 2.57. The number of halogens is 2. The minimum absolute atomic E-state index is 0.358. The van der Waals surface area contributed by atoms with Crippen LogP contribution in [0.3, 0.4) is 0 Å². The summed E-state index contributed by atoms with van der Waals surface area (Å²) >= 11 is 11.7. The lowest BCUT2D eigenvalue weighted by Gasteiger charge is -1.98. The van der Waals surface area contributed by atoms with E-state index < -0.39 is 0 Å². The summed E-state index contributed by atoms with van der Waals surface area (Å²) in [5, 5.41) is 4.50. The number of pyridine rings is 1. The topological polar surface area (TPSA) is 38.9 Å². The molecule has 0 radical (unpaired) electrons. The molecule has 0 aromatic carbocycles. The molecule has 2 aromatic heterocycles. The molecule has 0 N–H and O–H groups in total. The molecule has 0 bridgehead atoms. The maximum absolute atomic E-state index is 5.84. The molecule has 15 heavy (non-hydrogen) atoms. The van der Waals surface area contributed by atoms with Gasteiger partial charge >= 0.3 is 0 Å². The van der Waals surface area contributed by atoms with Gasteiger partial charge < -0.3 is 4.52 Å². The minimum atomic E-state index is 0.358. The van der Waals surface area contributed by atoms with Gasteiger partial charge in [-0.2, -0.15) is 0 Å². The zero-order valence-corrected chi connectivity index (χ0v) is 9.51. The molecule has 2 heterocycles. The number of hydrogen-bond donors (Lipinski definition) is 0. The standard InChI is InChI=1S/C10H8Cl2N2O/c1-6-9(3-11)10(14-15-6)7-2-8(12)5-13-4-7/h2,4-5H,3H2,1H3. The van der Waals surface area contributed by atoms with Crippen LogP contribution in [0.25, 0.3) is 11.3 Å². The Morgan fingerprint density at radius 3 is 2.87 bits per heavy atom. The van der Waals surface area contributed by atoms with Crippen molar-refractivity contribution in [1.82, 2.24) is 10.1 Å². The van der Waals surface area contributed by atoms with E-state index in [0.29, 0.717) is 16.6 Å². The van der Waals surface area contributed by atoms with Gasteiger partial charge in [-0.25, -0.2) is 0 Å². The molecule has 0 spiro atoms. The third kappa shape index (κ3) is 1.98. The van der Waals surface area contributed by atoms with Crippen LogP contribution < -0.4 is 0 Å². The average molecular weight is 243 g/mol. The largest absolute Gasteiger partial charge is 0.361 e. The summed E-state index contributed by atoms with van der Waals surface area (Å²) in [6.45, 7) is 1.83. The fraction of sp³-hybridized carbons (Fsp3) is 0.200. The summed E-state index contributed by atoms with van der Waals surface area (Å²) in [5.41, 5.74) is 2.40. The normalized spacial score (nSPS) is 10.6. The smallest absolute Gasteiger partial charge is 0.138 e. The SMILES string of the molecule is Cc1onc(-c2cncc(Cl)c2)c1CCl. The number of alkyl halides is 1. The summed E-state index contributed by atoms with van der Waals surface area (Å²) in [4.78, 5) is 3.99. The van der Waals surface area contributed by atoms with E-state index in [-0.39, 0.29) is 0 Å². The van der Waals surface area contributed by atoms with Crippen molar-refractivity contribution < 1.29 is 4.52 Å². The maximum Gasteiger partial charge on any atom is 0.138 e. The van der Waals surface area contributed by atoms with Crippen molar-refractivity contribution in [3.8, 4) is 11.3 Å². The zero-order chi connectivity index (χ0) is 10.8. The van der Waals surface area contributed by atoms with Gasteiger partial charge in [-0.15, -0.1) is 11.6 Å². The lowest BCUT2D eigenvalue weighted by Crippen LogP contribution is -1.86. The van der Waals surface area contributed by atoms with Gasteiger partial charge in [-0.3, -0.25) is 4.98 Å². The Bertz CT molecular complexity index is 482.